The van der Waals surface area contributed by atoms with E-state index in [-0.39, 0.29) is 29.7 Å². The summed E-state index contributed by atoms with van der Waals surface area (Å²) in [6, 6.07) is 2.09. The van der Waals surface area contributed by atoms with Gasteiger partial charge in [-0.05, 0) is 37.3 Å². The standard InChI is InChI=1S/C14H24N4O2S2.HI/c1-3-15-14(17-11-13-12(2)5-9-21-13)16-6-8-18-7-4-10-22(18,19)20;/h5,9H,3-4,6-8,10-11H2,1-2H3,(H2,15,16,17);1H. The van der Waals surface area contributed by atoms with Crippen LogP contribution in [0.1, 0.15) is 23.8 Å². The molecule has 0 saturated carbocycles. The summed E-state index contributed by atoms with van der Waals surface area (Å²) in [7, 11) is -3.02. The minimum Gasteiger partial charge on any atom is -0.357 e. The van der Waals surface area contributed by atoms with Gasteiger partial charge in [-0.15, -0.1) is 35.3 Å². The van der Waals surface area contributed by atoms with Crippen LogP contribution in [0.4, 0.5) is 0 Å². The van der Waals surface area contributed by atoms with E-state index in [1.165, 1.54) is 10.4 Å². The highest BCUT2D eigenvalue weighted by molar-refractivity contribution is 14.0. The maximum atomic E-state index is 11.7. The first-order valence-corrected chi connectivity index (χ1v) is 10.0. The lowest BCUT2D eigenvalue weighted by atomic mass is 10.3. The Balaban J connectivity index is 0.00000264. The molecule has 0 radical (unpaired) electrons. The molecule has 0 bridgehead atoms. The molecule has 2 rings (SSSR count). The summed E-state index contributed by atoms with van der Waals surface area (Å²) in [5.41, 5.74) is 1.26. The number of hydrogen-bond donors (Lipinski definition) is 2. The summed E-state index contributed by atoms with van der Waals surface area (Å²) < 4.78 is 25.0. The minimum atomic E-state index is -3.02. The number of nitrogens with one attached hydrogen (secondary N) is 2. The van der Waals surface area contributed by atoms with E-state index in [0.717, 1.165) is 18.9 Å². The van der Waals surface area contributed by atoms with Crippen molar-refractivity contribution in [1.29, 1.82) is 0 Å². The third-order valence-electron chi connectivity index (χ3n) is 3.55. The van der Waals surface area contributed by atoms with Crippen LogP contribution in [0.15, 0.2) is 16.4 Å². The van der Waals surface area contributed by atoms with Gasteiger partial charge in [-0.25, -0.2) is 17.7 Å². The topological polar surface area (TPSA) is 73.8 Å². The van der Waals surface area contributed by atoms with Gasteiger partial charge >= 0.3 is 0 Å². The maximum absolute atomic E-state index is 11.7. The van der Waals surface area contributed by atoms with Crippen molar-refractivity contribution in [2.24, 2.45) is 4.99 Å². The SMILES string of the molecule is CCNC(=NCc1sccc1C)NCCN1CCCS1(=O)=O.I. The molecule has 0 aliphatic carbocycles. The molecule has 1 saturated heterocycles. The molecule has 1 aliphatic heterocycles. The smallest absolute Gasteiger partial charge is 0.214 e. The number of aliphatic imine (C=N–C) groups is 1. The Hall–Kier alpha value is -0.390. The van der Waals surface area contributed by atoms with E-state index < -0.39 is 10.0 Å². The molecule has 2 N–H and O–H groups in total. The van der Waals surface area contributed by atoms with Gasteiger partial charge < -0.3 is 10.6 Å². The summed E-state index contributed by atoms with van der Waals surface area (Å²) in [5, 5.41) is 8.46. The van der Waals surface area contributed by atoms with Crippen LogP contribution in [0.25, 0.3) is 0 Å². The second kappa shape index (κ2) is 9.80. The fraction of sp³-hybridized carbons (Fsp3) is 0.643. The molecule has 6 nitrogen and oxygen atoms in total. The Morgan fingerprint density at radius 1 is 1.43 bits per heavy atom. The minimum absolute atomic E-state index is 0. The van der Waals surface area contributed by atoms with E-state index in [0.29, 0.717) is 26.2 Å². The average molecular weight is 472 g/mol. The number of thiophene rings is 1. The molecule has 0 atom stereocenters. The summed E-state index contributed by atoms with van der Waals surface area (Å²) in [5.74, 6) is 1.01. The molecule has 23 heavy (non-hydrogen) atoms. The van der Waals surface area contributed by atoms with Crippen LogP contribution in [0.5, 0.6) is 0 Å². The fourth-order valence-corrected chi connectivity index (χ4v) is 4.66. The summed E-state index contributed by atoms with van der Waals surface area (Å²) >= 11 is 1.70. The third-order valence-corrected chi connectivity index (χ3v) is 6.51. The normalized spacial score (nSPS) is 17.7. The highest BCUT2D eigenvalue weighted by Crippen LogP contribution is 2.16. The molecular formula is C14H25IN4O2S2. The Bertz CT molecular complexity index is 616. The lowest BCUT2D eigenvalue weighted by Gasteiger charge is -2.16. The van der Waals surface area contributed by atoms with Crippen molar-refractivity contribution in [3.05, 3.63) is 21.9 Å². The summed E-state index contributed by atoms with van der Waals surface area (Å²) in [4.78, 5) is 5.80. The number of halogens is 1. The molecule has 9 heteroatoms. The maximum Gasteiger partial charge on any atom is 0.214 e. The lowest BCUT2D eigenvalue weighted by Crippen LogP contribution is -2.42. The van der Waals surface area contributed by atoms with Crippen molar-refractivity contribution in [3.8, 4) is 0 Å². The van der Waals surface area contributed by atoms with Crippen molar-refractivity contribution in [1.82, 2.24) is 14.9 Å². The number of rotatable bonds is 6. The Morgan fingerprint density at radius 2 is 2.22 bits per heavy atom. The van der Waals surface area contributed by atoms with E-state index >= 15 is 0 Å². The lowest BCUT2D eigenvalue weighted by molar-refractivity contribution is 0.445. The largest absolute Gasteiger partial charge is 0.357 e. The van der Waals surface area contributed by atoms with Crippen molar-refractivity contribution in [2.75, 3.05) is 31.9 Å². The first kappa shape index (κ1) is 20.7. The molecule has 2 heterocycles. The van der Waals surface area contributed by atoms with E-state index in [4.69, 9.17) is 0 Å². The molecule has 0 aromatic carbocycles. The Morgan fingerprint density at radius 3 is 2.78 bits per heavy atom. The van der Waals surface area contributed by atoms with Crippen molar-refractivity contribution >= 4 is 51.3 Å². The molecule has 0 unspecified atom stereocenters. The fourth-order valence-electron chi connectivity index (χ4n) is 2.30. The zero-order valence-corrected chi connectivity index (χ0v) is 17.5. The Labute approximate surface area is 159 Å². The molecule has 1 aromatic heterocycles. The van der Waals surface area contributed by atoms with Crippen LogP contribution < -0.4 is 10.6 Å². The van der Waals surface area contributed by atoms with Crippen molar-refractivity contribution in [2.45, 2.75) is 26.8 Å². The van der Waals surface area contributed by atoms with Crippen LogP contribution in [0, 0.1) is 6.92 Å². The van der Waals surface area contributed by atoms with Gasteiger partial charge in [-0.2, -0.15) is 0 Å². The number of nitrogens with zero attached hydrogens (tertiary/aromatic N) is 2. The molecule has 0 spiro atoms. The quantitative estimate of drug-likeness (QED) is 0.376. The highest BCUT2D eigenvalue weighted by Gasteiger charge is 2.27. The van der Waals surface area contributed by atoms with Gasteiger partial charge in [0.15, 0.2) is 5.96 Å². The van der Waals surface area contributed by atoms with Gasteiger partial charge in [0.05, 0.1) is 12.3 Å². The number of aryl methyl sites for hydroxylation is 1. The third kappa shape index (κ3) is 6.20. The van der Waals surface area contributed by atoms with Crippen LogP contribution in [0.3, 0.4) is 0 Å². The number of hydrogen-bond acceptors (Lipinski definition) is 4. The van der Waals surface area contributed by atoms with Crippen LogP contribution in [-0.2, 0) is 16.6 Å². The molecule has 1 aromatic rings. The molecule has 0 amide bonds. The van der Waals surface area contributed by atoms with Crippen LogP contribution in [0.2, 0.25) is 0 Å². The predicted octanol–water partition coefficient (Wildman–Crippen LogP) is 1.77. The van der Waals surface area contributed by atoms with Gasteiger partial charge in [0.25, 0.3) is 0 Å². The highest BCUT2D eigenvalue weighted by atomic mass is 127. The molecular weight excluding hydrogens is 447 g/mol. The molecule has 132 valence electrons. The van der Waals surface area contributed by atoms with E-state index in [1.807, 2.05) is 6.92 Å². The zero-order valence-electron chi connectivity index (χ0n) is 13.5. The predicted molar refractivity (Wildman–Crippen MR) is 107 cm³/mol. The van der Waals surface area contributed by atoms with E-state index in [9.17, 15) is 8.42 Å². The van der Waals surface area contributed by atoms with Gasteiger partial charge in [0.2, 0.25) is 10.0 Å². The number of guanidine groups is 1. The van der Waals surface area contributed by atoms with Crippen LogP contribution >= 0.6 is 35.3 Å². The first-order chi connectivity index (χ1) is 10.5. The van der Waals surface area contributed by atoms with Gasteiger partial charge in [0.1, 0.15) is 0 Å². The van der Waals surface area contributed by atoms with Gasteiger partial charge in [-0.3, -0.25) is 0 Å². The second-order valence-electron chi connectivity index (χ2n) is 5.22. The van der Waals surface area contributed by atoms with Gasteiger partial charge in [0, 0.05) is 31.1 Å². The number of sulfonamides is 1. The first-order valence-electron chi connectivity index (χ1n) is 7.56. The Kier molecular flexibility index (Phi) is 8.80. The van der Waals surface area contributed by atoms with Gasteiger partial charge in [-0.1, -0.05) is 0 Å². The van der Waals surface area contributed by atoms with Crippen LogP contribution in [-0.4, -0.2) is 50.6 Å². The summed E-state index contributed by atoms with van der Waals surface area (Å²) in [6.07, 6.45) is 0.730. The average Bonchev–Trinajstić information content (AvgIpc) is 3.02. The van der Waals surface area contributed by atoms with E-state index in [1.54, 1.807) is 15.6 Å². The van der Waals surface area contributed by atoms with Crippen molar-refractivity contribution < 1.29 is 8.42 Å². The zero-order chi connectivity index (χ0) is 16.0. The van der Waals surface area contributed by atoms with Crippen molar-refractivity contribution in [3.63, 3.8) is 0 Å². The molecule has 1 fully saturated rings. The molecule has 1 aliphatic rings. The summed E-state index contributed by atoms with van der Waals surface area (Å²) in [6.45, 7) is 7.20. The van der Waals surface area contributed by atoms with E-state index in [2.05, 4.69) is 34.0 Å². The monoisotopic (exact) mass is 472 g/mol. The second-order valence-corrected chi connectivity index (χ2v) is 8.31.